The number of aliphatic hydroxyl groups excluding tert-OH is 1. The van der Waals surface area contributed by atoms with E-state index in [0.717, 1.165) is 0 Å². The Kier molecular flexibility index (Phi) is 5.33. The zero-order chi connectivity index (χ0) is 13.7. The Morgan fingerprint density at radius 3 is 2.72 bits per heavy atom. The van der Waals surface area contributed by atoms with Crippen LogP contribution >= 0.6 is 0 Å². The highest BCUT2D eigenvalue weighted by Gasteiger charge is 2.19. The molecule has 102 valence electrons. The van der Waals surface area contributed by atoms with Crippen LogP contribution in [-0.2, 0) is 4.74 Å². The number of carbonyl (C=O) groups is 1. The van der Waals surface area contributed by atoms with Gasteiger partial charge < -0.3 is 19.4 Å². The van der Waals surface area contributed by atoms with E-state index in [1.165, 1.54) is 13.2 Å². The molecule has 0 radical (unpaired) electrons. The molecule has 0 amide bonds. The van der Waals surface area contributed by atoms with Gasteiger partial charge in [0.2, 0.25) is 5.76 Å². The highest BCUT2D eigenvalue weighted by atomic mass is 16.5. The highest BCUT2D eigenvalue weighted by Crippen LogP contribution is 2.21. The number of carboxylic acid groups (broad SMARTS) is 1. The molecule has 0 aromatic carbocycles. The molecule has 0 saturated heterocycles. The van der Waals surface area contributed by atoms with Crippen molar-refractivity contribution >= 4 is 5.97 Å². The standard InChI is InChI=1S/C12H19NO5/c1-8(13(2)6-9(14)7-17-3)10-4-5-11(18-10)12(15)16/h4-5,8-9,14H,6-7H2,1-3H3,(H,15,16). The van der Waals surface area contributed by atoms with Crippen LogP contribution < -0.4 is 0 Å². The van der Waals surface area contributed by atoms with E-state index in [1.54, 1.807) is 6.07 Å². The van der Waals surface area contributed by atoms with Gasteiger partial charge in [-0.15, -0.1) is 0 Å². The topological polar surface area (TPSA) is 83.1 Å². The number of hydrogen-bond donors (Lipinski definition) is 2. The van der Waals surface area contributed by atoms with Crippen LogP contribution in [0.15, 0.2) is 16.5 Å². The summed E-state index contributed by atoms with van der Waals surface area (Å²) in [5.41, 5.74) is 0. The third kappa shape index (κ3) is 3.83. The van der Waals surface area contributed by atoms with E-state index < -0.39 is 12.1 Å². The number of ether oxygens (including phenoxy) is 1. The second-order valence-corrected chi connectivity index (χ2v) is 4.23. The molecule has 2 unspecified atom stereocenters. The molecule has 0 fully saturated rings. The SMILES string of the molecule is COCC(O)CN(C)C(C)c1ccc(C(=O)O)o1. The van der Waals surface area contributed by atoms with Crippen molar-refractivity contribution in [3.63, 3.8) is 0 Å². The van der Waals surface area contributed by atoms with Gasteiger partial charge in [-0.25, -0.2) is 4.79 Å². The summed E-state index contributed by atoms with van der Waals surface area (Å²) in [6, 6.07) is 2.94. The Bertz CT molecular complexity index is 390. The van der Waals surface area contributed by atoms with Crippen molar-refractivity contribution < 1.29 is 24.2 Å². The highest BCUT2D eigenvalue weighted by molar-refractivity contribution is 5.84. The van der Waals surface area contributed by atoms with Gasteiger partial charge in [-0.1, -0.05) is 0 Å². The zero-order valence-electron chi connectivity index (χ0n) is 10.8. The van der Waals surface area contributed by atoms with Crippen LogP contribution in [0.5, 0.6) is 0 Å². The van der Waals surface area contributed by atoms with E-state index in [4.69, 9.17) is 14.3 Å². The fraction of sp³-hybridized carbons (Fsp3) is 0.583. The van der Waals surface area contributed by atoms with Crippen LogP contribution in [0, 0.1) is 0 Å². The summed E-state index contributed by atoms with van der Waals surface area (Å²) in [7, 11) is 3.35. The van der Waals surface area contributed by atoms with Gasteiger partial charge in [0.25, 0.3) is 0 Å². The van der Waals surface area contributed by atoms with Gasteiger partial charge >= 0.3 is 5.97 Å². The third-order valence-electron chi connectivity index (χ3n) is 2.77. The molecule has 0 aliphatic rings. The average Bonchev–Trinajstić information content (AvgIpc) is 2.77. The summed E-state index contributed by atoms with van der Waals surface area (Å²) in [5, 5.41) is 18.4. The van der Waals surface area contributed by atoms with Gasteiger partial charge in [-0.2, -0.15) is 0 Å². The first kappa shape index (κ1) is 14.7. The first-order chi connectivity index (χ1) is 8.45. The van der Waals surface area contributed by atoms with E-state index in [-0.39, 0.29) is 18.4 Å². The first-order valence-electron chi connectivity index (χ1n) is 5.66. The number of hydrogen-bond acceptors (Lipinski definition) is 5. The number of methoxy groups -OCH3 is 1. The molecular formula is C12H19NO5. The van der Waals surface area contributed by atoms with Crippen LogP contribution in [0.25, 0.3) is 0 Å². The van der Waals surface area contributed by atoms with Crippen molar-refractivity contribution in [3.05, 3.63) is 23.7 Å². The summed E-state index contributed by atoms with van der Waals surface area (Å²) in [6.45, 7) is 2.55. The lowest BCUT2D eigenvalue weighted by atomic mass is 10.2. The lowest BCUT2D eigenvalue weighted by Crippen LogP contribution is -2.33. The predicted molar refractivity (Wildman–Crippen MR) is 64.6 cm³/mol. The molecular weight excluding hydrogens is 238 g/mol. The number of carboxylic acids is 1. The van der Waals surface area contributed by atoms with Crippen molar-refractivity contribution in [2.24, 2.45) is 0 Å². The van der Waals surface area contributed by atoms with Crippen LogP contribution in [-0.4, -0.2) is 54.5 Å². The minimum Gasteiger partial charge on any atom is -0.475 e. The molecule has 1 heterocycles. The number of nitrogens with zero attached hydrogens (tertiary/aromatic N) is 1. The van der Waals surface area contributed by atoms with Gasteiger partial charge in [-0.05, 0) is 26.1 Å². The molecule has 1 aromatic heterocycles. The summed E-state index contributed by atoms with van der Waals surface area (Å²) in [5.74, 6) is -0.613. The molecule has 0 aliphatic heterocycles. The molecule has 2 N–H and O–H groups in total. The lowest BCUT2D eigenvalue weighted by Gasteiger charge is -2.25. The van der Waals surface area contributed by atoms with Crippen molar-refractivity contribution in [1.29, 1.82) is 0 Å². The number of likely N-dealkylation sites (N-methyl/N-ethyl adjacent to an activating group) is 1. The van der Waals surface area contributed by atoms with E-state index in [9.17, 15) is 9.90 Å². The molecule has 0 spiro atoms. The van der Waals surface area contributed by atoms with Crippen molar-refractivity contribution in [2.45, 2.75) is 19.1 Å². The van der Waals surface area contributed by atoms with Crippen LogP contribution in [0.3, 0.4) is 0 Å². The summed E-state index contributed by atoms with van der Waals surface area (Å²) in [6.07, 6.45) is -0.587. The Morgan fingerprint density at radius 2 is 2.22 bits per heavy atom. The number of aliphatic hydroxyl groups is 1. The van der Waals surface area contributed by atoms with Crippen LogP contribution in [0.1, 0.15) is 29.3 Å². The van der Waals surface area contributed by atoms with Crippen LogP contribution in [0.2, 0.25) is 0 Å². The van der Waals surface area contributed by atoms with Gasteiger partial charge in [0.05, 0.1) is 18.8 Å². The molecule has 0 aliphatic carbocycles. The van der Waals surface area contributed by atoms with E-state index in [0.29, 0.717) is 12.3 Å². The molecule has 0 saturated carbocycles. The van der Waals surface area contributed by atoms with Gasteiger partial charge in [0.1, 0.15) is 5.76 Å². The maximum atomic E-state index is 10.7. The average molecular weight is 257 g/mol. The third-order valence-corrected chi connectivity index (χ3v) is 2.77. The number of rotatable bonds is 7. The monoisotopic (exact) mass is 257 g/mol. The Morgan fingerprint density at radius 1 is 1.56 bits per heavy atom. The molecule has 0 bridgehead atoms. The first-order valence-corrected chi connectivity index (χ1v) is 5.66. The summed E-state index contributed by atoms with van der Waals surface area (Å²) in [4.78, 5) is 12.6. The zero-order valence-corrected chi connectivity index (χ0v) is 10.8. The van der Waals surface area contributed by atoms with Crippen molar-refractivity contribution in [1.82, 2.24) is 4.90 Å². The van der Waals surface area contributed by atoms with E-state index >= 15 is 0 Å². The van der Waals surface area contributed by atoms with Crippen LogP contribution in [0.4, 0.5) is 0 Å². The quantitative estimate of drug-likeness (QED) is 0.757. The van der Waals surface area contributed by atoms with E-state index in [1.807, 2.05) is 18.9 Å². The number of aromatic carboxylic acids is 1. The molecule has 6 nitrogen and oxygen atoms in total. The largest absolute Gasteiger partial charge is 0.475 e. The maximum Gasteiger partial charge on any atom is 0.371 e. The fourth-order valence-corrected chi connectivity index (χ4v) is 1.65. The molecule has 18 heavy (non-hydrogen) atoms. The fourth-order valence-electron chi connectivity index (χ4n) is 1.65. The van der Waals surface area contributed by atoms with Gasteiger partial charge in [0, 0.05) is 13.7 Å². The molecule has 2 atom stereocenters. The summed E-state index contributed by atoms with van der Waals surface area (Å²) < 4.78 is 10.1. The Balaban J connectivity index is 2.61. The maximum absolute atomic E-state index is 10.7. The lowest BCUT2D eigenvalue weighted by molar-refractivity contribution is 0.0333. The van der Waals surface area contributed by atoms with Crippen molar-refractivity contribution in [3.8, 4) is 0 Å². The van der Waals surface area contributed by atoms with E-state index in [2.05, 4.69) is 0 Å². The van der Waals surface area contributed by atoms with Gasteiger partial charge in [0.15, 0.2) is 0 Å². The molecule has 1 aromatic rings. The molecule has 1 rings (SSSR count). The summed E-state index contributed by atoms with van der Waals surface area (Å²) >= 11 is 0. The minimum absolute atomic E-state index is 0.0808. The second-order valence-electron chi connectivity index (χ2n) is 4.23. The van der Waals surface area contributed by atoms with Crippen molar-refractivity contribution in [2.75, 3.05) is 27.3 Å². The molecule has 6 heteroatoms. The smallest absolute Gasteiger partial charge is 0.371 e. The Labute approximate surface area is 106 Å². The number of furan rings is 1. The Hall–Kier alpha value is -1.37. The predicted octanol–water partition coefficient (Wildman–Crippen LogP) is 0.978. The second kappa shape index (κ2) is 6.53. The minimum atomic E-state index is -1.09. The van der Waals surface area contributed by atoms with Gasteiger partial charge in [-0.3, -0.25) is 4.90 Å². The normalized spacial score (nSPS) is 14.7.